The van der Waals surface area contributed by atoms with E-state index in [0.717, 1.165) is 38.5 Å². The molecule has 4 aliphatic carbocycles. The van der Waals surface area contributed by atoms with E-state index in [1.165, 1.54) is 15.9 Å². The average molecular weight is 587 g/mol. The average Bonchev–Trinajstić information content (AvgIpc) is 2.93. The molecule has 0 aromatic heterocycles. The molecule has 0 N–H and O–H groups in total. The molecular weight excluding hydrogens is 553 g/mol. The number of hydrogen-bond donors (Lipinski definition) is 0. The smallest absolute Gasteiger partial charge is 0.428 e. The molecular formula is C31H33F2O5PS. The van der Waals surface area contributed by atoms with Gasteiger partial charge in [-0.25, -0.2) is 13.2 Å². The summed E-state index contributed by atoms with van der Waals surface area (Å²) in [5.41, 5.74) is -0.298. The minimum absolute atomic E-state index is 0.208. The Hall–Kier alpha value is -2.67. The van der Waals surface area contributed by atoms with Gasteiger partial charge in [0.05, 0.1) is 14.5 Å². The lowest BCUT2D eigenvalue weighted by molar-refractivity contribution is -0.172. The fourth-order valence-electron chi connectivity index (χ4n) is 7.19. The normalized spacial score (nSPS) is 25.2. The van der Waals surface area contributed by atoms with Gasteiger partial charge in [0, 0.05) is 5.41 Å². The van der Waals surface area contributed by atoms with Crippen LogP contribution in [0, 0.1) is 23.2 Å². The number of ether oxygens (including phenoxy) is 1. The third kappa shape index (κ3) is 6.29. The summed E-state index contributed by atoms with van der Waals surface area (Å²) in [7, 11) is -6.92. The highest BCUT2D eigenvalue weighted by atomic mass is 32.2. The largest absolute Gasteiger partial charge is 0.743 e. The predicted molar refractivity (Wildman–Crippen MR) is 153 cm³/mol. The summed E-state index contributed by atoms with van der Waals surface area (Å²) in [6.07, 6.45) is 5.96. The maximum Gasteiger partial charge on any atom is 0.428 e. The number of hydrogen-bond acceptors (Lipinski definition) is 5. The van der Waals surface area contributed by atoms with E-state index in [-0.39, 0.29) is 12.0 Å². The fourth-order valence-corrected chi connectivity index (χ4v) is 10.0. The highest BCUT2D eigenvalue weighted by Crippen LogP contribution is 2.60. The molecule has 212 valence electrons. The van der Waals surface area contributed by atoms with E-state index in [1.807, 2.05) is 0 Å². The molecule has 4 bridgehead atoms. The van der Waals surface area contributed by atoms with Crippen molar-refractivity contribution in [3.8, 4) is 0 Å². The second-order valence-electron chi connectivity index (χ2n) is 11.4. The number of rotatable bonds is 7. The van der Waals surface area contributed by atoms with E-state index in [9.17, 15) is 26.5 Å². The Morgan fingerprint density at radius 2 is 1.12 bits per heavy atom. The summed E-state index contributed by atoms with van der Waals surface area (Å²) in [5.74, 6) is -0.579. The molecule has 4 saturated carbocycles. The van der Waals surface area contributed by atoms with Gasteiger partial charge in [-0.2, -0.15) is 8.78 Å². The van der Waals surface area contributed by atoms with Gasteiger partial charge in [0.15, 0.2) is 10.1 Å². The van der Waals surface area contributed by atoms with Crippen LogP contribution >= 0.6 is 7.92 Å². The van der Waals surface area contributed by atoms with Crippen LogP contribution in [0.3, 0.4) is 0 Å². The second-order valence-corrected chi connectivity index (χ2v) is 15.3. The van der Waals surface area contributed by atoms with Gasteiger partial charge in [0.25, 0.3) is 0 Å². The van der Waals surface area contributed by atoms with Crippen molar-refractivity contribution in [2.75, 3.05) is 6.61 Å². The van der Waals surface area contributed by atoms with Gasteiger partial charge >= 0.3 is 11.2 Å². The van der Waals surface area contributed by atoms with Crippen molar-refractivity contribution < 1.29 is 31.3 Å². The Labute approximate surface area is 235 Å². The van der Waals surface area contributed by atoms with Crippen molar-refractivity contribution in [3.05, 3.63) is 91.0 Å². The lowest BCUT2D eigenvalue weighted by Gasteiger charge is -2.56. The van der Waals surface area contributed by atoms with Gasteiger partial charge < -0.3 is 9.29 Å². The van der Waals surface area contributed by atoms with Crippen LogP contribution < -0.4 is 15.9 Å². The van der Waals surface area contributed by atoms with Crippen molar-refractivity contribution in [3.63, 3.8) is 0 Å². The maximum absolute atomic E-state index is 13.1. The Morgan fingerprint density at radius 1 is 0.775 bits per heavy atom. The molecule has 9 heteroatoms. The highest BCUT2D eigenvalue weighted by Gasteiger charge is 2.53. The Kier molecular flexibility index (Phi) is 8.42. The van der Waals surface area contributed by atoms with Crippen LogP contribution in [0.1, 0.15) is 38.5 Å². The van der Waals surface area contributed by atoms with E-state index in [2.05, 4.69) is 95.7 Å². The van der Waals surface area contributed by atoms with Gasteiger partial charge in [-0.1, -0.05) is 54.6 Å². The lowest BCUT2D eigenvalue weighted by atomic mass is 9.50. The first kappa shape index (κ1) is 28.8. The molecule has 0 spiro atoms. The number of benzene rings is 3. The minimum Gasteiger partial charge on any atom is -0.743 e. The van der Waals surface area contributed by atoms with Gasteiger partial charge in [-0.3, -0.25) is 0 Å². The predicted octanol–water partition coefficient (Wildman–Crippen LogP) is 5.06. The summed E-state index contributed by atoms with van der Waals surface area (Å²) in [4.78, 5) is 11.3. The van der Waals surface area contributed by atoms with E-state index in [4.69, 9.17) is 0 Å². The van der Waals surface area contributed by atoms with Crippen molar-refractivity contribution in [1.29, 1.82) is 0 Å². The van der Waals surface area contributed by atoms with Crippen LogP contribution in [-0.2, 0) is 19.6 Å². The highest BCUT2D eigenvalue weighted by molar-refractivity contribution is 7.87. The fraction of sp³-hybridized carbons (Fsp3) is 0.387. The first-order valence-electron chi connectivity index (χ1n) is 13.6. The first-order chi connectivity index (χ1) is 19.1. The van der Waals surface area contributed by atoms with Gasteiger partial charge in [-0.05, 0) is 92.7 Å². The Morgan fingerprint density at radius 3 is 1.45 bits per heavy atom. The molecule has 0 amide bonds. The molecule has 40 heavy (non-hydrogen) atoms. The summed E-state index contributed by atoms with van der Waals surface area (Å²) >= 11 is 0. The van der Waals surface area contributed by atoms with Crippen molar-refractivity contribution in [2.24, 2.45) is 23.2 Å². The van der Waals surface area contributed by atoms with Crippen molar-refractivity contribution >= 4 is 39.9 Å². The summed E-state index contributed by atoms with van der Waals surface area (Å²) in [6.45, 7) is -0.208. The van der Waals surface area contributed by atoms with Crippen LogP contribution in [0.4, 0.5) is 8.78 Å². The second kappa shape index (κ2) is 11.7. The van der Waals surface area contributed by atoms with E-state index < -0.39 is 29.3 Å². The minimum atomic E-state index is -6.04. The zero-order chi connectivity index (χ0) is 28.4. The Bertz CT molecular complexity index is 1270. The Balaban J connectivity index is 0.000000162. The number of carbonyl (C=O) groups excluding carboxylic acids is 1. The zero-order valence-corrected chi connectivity index (χ0v) is 23.9. The number of alkyl halides is 2. The monoisotopic (exact) mass is 586 g/mol. The topological polar surface area (TPSA) is 83.5 Å². The molecule has 0 unspecified atom stereocenters. The van der Waals surface area contributed by atoms with Gasteiger partial charge in [-0.15, -0.1) is 0 Å². The van der Waals surface area contributed by atoms with Crippen LogP contribution in [0.25, 0.3) is 0 Å². The molecule has 3 aromatic rings. The molecule has 0 atom stereocenters. The number of esters is 1. The summed E-state index contributed by atoms with van der Waals surface area (Å²) in [6, 6.07) is 32.5. The molecule has 0 saturated heterocycles. The molecule has 5 nitrogen and oxygen atoms in total. The maximum atomic E-state index is 13.1. The molecule has 4 fully saturated rings. The third-order valence-electron chi connectivity index (χ3n) is 8.41. The van der Waals surface area contributed by atoms with Crippen LogP contribution in [-0.4, -0.2) is 30.8 Å². The molecule has 0 aliphatic heterocycles. The van der Waals surface area contributed by atoms with Crippen molar-refractivity contribution in [2.45, 2.75) is 43.8 Å². The zero-order valence-electron chi connectivity index (χ0n) is 22.0. The molecule has 0 heterocycles. The van der Waals surface area contributed by atoms with Crippen LogP contribution in [0.15, 0.2) is 91.0 Å². The van der Waals surface area contributed by atoms with Crippen LogP contribution in [0.5, 0.6) is 0 Å². The standard InChI is InChI=1S/C18H15P.C13H18F2O5S/c1-4-10-16(11-5-1)19(17-12-6-2-7-13-17)18-14-8-3-9-15-18;14-13(15,21(17,18)19)11(16)20-7-12-4-8-1-9(5-12)3-10(2-8)6-12/h1-15H;8-10H,1-7H2,(H,17,18,19). The lowest BCUT2D eigenvalue weighted by Crippen LogP contribution is -2.49. The quantitative estimate of drug-likeness (QED) is 0.220. The first-order valence-corrected chi connectivity index (χ1v) is 16.5. The van der Waals surface area contributed by atoms with Crippen molar-refractivity contribution in [1.82, 2.24) is 0 Å². The van der Waals surface area contributed by atoms with E-state index >= 15 is 0 Å². The third-order valence-corrected chi connectivity index (χ3v) is 11.9. The van der Waals surface area contributed by atoms with Gasteiger partial charge in [0.2, 0.25) is 0 Å². The van der Waals surface area contributed by atoms with Gasteiger partial charge in [0.1, 0.15) is 15.9 Å². The summed E-state index contributed by atoms with van der Waals surface area (Å²) in [5, 5.41) is -0.699. The molecule has 3 aromatic carbocycles. The molecule has 4 aliphatic rings. The molecule has 7 rings (SSSR count). The molecule has 0 radical (unpaired) electrons. The van der Waals surface area contributed by atoms with E-state index in [1.54, 1.807) is 0 Å². The number of halogens is 2. The summed E-state index contributed by atoms with van der Waals surface area (Å²) < 4.78 is 62.0. The number of carbonyl (C=O) groups is 1. The van der Waals surface area contributed by atoms with E-state index in [0.29, 0.717) is 17.8 Å². The van der Waals surface area contributed by atoms with Crippen LogP contribution in [0.2, 0.25) is 0 Å². The SMILES string of the molecule is O=C(OCC12CC3CC(CC(C3)C1)C2)C(F)(F)S(=O)(=O)[O-].c1ccc([PH+](c2ccccc2)c2ccccc2)cc1.